The van der Waals surface area contributed by atoms with E-state index < -0.39 is 23.6 Å². The lowest BCUT2D eigenvalue weighted by atomic mass is 9.99. The third-order valence-electron chi connectivity index (χ3n) is 3.73. The fourth-order valence-electron chi connectivity index (χ4n) is 2.33. The number of benzene rings is 2. The molecule has 1 atom stereocenters. The van der Waals surface area contributed by atoms with E-state index >= 15 is 0 Å². The molecule has 0 bridgehead atoms. The van der Waals surface area contributed by atoms with Crippen LogP contribution in [-0.2, 0) is 20.7 Å². The Bertz CT molecular complexity index is 799. The molecule has 144 valence electrons. The maximum Gasteiger partial charge on any atom is 0.310 e. The van der Waals surface area contributed by atoms with E-state index in [4.69, 9.17) is 21.1 Å². The van der Waals surface area contributed by atoms with Crippen LogP contribution in [0.2, 0.25) is 5.02 Å². The minimum absolute atomic E-state index is 0.0173. The number of halogens is 3. The van der Waals surface area contributed by atoms with Gasteiger partial charge in [0.05, 0.1) is 18.1 Å². The van der Waals surface area contributed by atoms with Crippen LogP contribution in [0.4, 0.5) is 8.78 Å². The summed E-state index contributed by atoms with van der Waals surface area (Å²) in [6.45, 7) is -0.334. The van der Waals surface area contributed by atoms with Crippen LogP contribution in [0.5, 0.6) is 5.75 Å². The molecule has 5 nitrogen and oxygen atoms in total. The van der Waals surface area contributed by atoms with Crippen molar-refractivity contribution in [1.82, 2.24) is 5.32 Å². The number of methoxy groups -OCH3 is 1. The van der Waals surface area contributed by atoms with Crippen LogP contribution in [0.25, 0.3) is 0 Å². The second-order valence-electron chi connectivity index (χ2n) is 5.72. The first-order valence-corrected chi connectivity index (χ1v) is 8.43. The Morgan fingerprint density at radius 1 is 1.11 bits per heavy atom. The zero-order valence-electron chi connectivity index (χ0n) is 14.5. The summed E-state index contributed by atoms with van der Waals surface area (Å²) in [6, 6.07) is 9.27. The predicted octanol–water partition coefficient (Wildman–Crippen LogP) is 3.15. The minimum Gasteiger partial charge on any atom is -0.482 e. The lowest BCUT2D eigenvalue weighted by Crippen LogP contribution is -2.37. The number of hydrogen-bond donors (Lipinski definition) is 1. The van der Waals surface area contributed by atoms with E-state index in [9.17, 15) is 18.4 Å². The van der Waals surface area contributed by atoms with Gasteiger partial charge in [0.1, 0.15) is 17.4 Å². The molecule has 2 aromatic carbocycles. The van der Waals surface area contributed by atoms with Crippen molar-refractivity contribution in [2.45, 2.75) is 6.42 Å². The molecule has 0 aliphatic rings. The highest BCUT2D eigenvalue weighted by molar-refractivity contribution is 6.32. The summed E-state index contributed by atoms with van der Waals surface area (Å²) in [5, 5.41) is 2.62. The van der Waals surface area contributed by atoms with Crippen molar-refractivity contribution < 1.29 is 27.8 Å². The molecule has 0 saturated heterocycles. The number of esters is 1. The Labute approximate surface area is 160 Å². The third-order valence-corrected chi connectivity index (χ3v) is 4.02. The van der Waals surface area contributed by atoms with Crippen molar-refractivity contribution in [3.63, 3.8) is 0 Å². The van der Waals surface area contributed by atoms with Crippen molar-refractivity contribution in [3.05, 3.63) is 64.7 Å². The zero-order valence-corrected chi connectivity index (χ0v) is 15.3. The Balaban J connectivity index is 1.88. The van der Waals surface area contributed by atoms with Gasteiger partial charge in [-0.15, -0.1) is 0 Å². The lowest BCUT2D eigenvalue weighted by molar-refractivity contribution is -0.145. The number of carbonyl (C=O) groups excluding carboxylic acids is 2. The van der Waals surface area contributed by atoms with Crippen LogP contribution in [0.15, 0.2) is 42.5 Å². The monoisotopic (exact) mass is 397 g/mol. The molecule has 2 rings (SSSR count). The van der Waals surface area contributed by atoms with E-state index in [-0.39, 0.29) is 36.2 Å². The topological polar surface area (TPSA) is 64.6 Å². The average Bonchev–Trinajstić information content (AvgIpc) is 2.65. The summed E-state index contributed by atoms with van der Waals surface area (Å²) >= 11 is 5.82. The maximum absolute atomic E-state index is 13.0. The molecule has 1 amide bonds. The molecular formula is C19H18ClF2NO4. The molecule has 2 aromatic rings. The van der Waals surface area contributed by atoms with Gasteiger partial charge in [-0.1, -0.05) is 23.7 Å². The van der Waals surface area contributed by atoms with E-state index in [0.29, 0.717) is 0 Å². The zero-order chi connectivity index (χ0) is 19.8. The smallest absolute Gasteiger partial charge is 0.310 e. The highest BCUT2D eigenvalue weighted by atomic mass is 35.5. The van der Waals surface area contributed by atoms with Crippen LogP contribution >= 0.6 is 11.6 Å². The van der Waals surface area contributed by atoms with Crippen molar-refractivity contribution in [3.8, 4) is 5.75 Å². The summed E-state index contributed by atoms with van der Waals surface area (Å²) in [7, 11) is 1.25. The highest BCUT2D eigenvalue weighted by Gasteiger charge is 2.21. The average molecular weight is 398 g/mol. The normalized spacial score (nSPS) is 11.6. The Morgan fingerprint density at radius 2 is 1.78 bits per heavy atom. The third kappa shape index (κ3) is 6.53. The van der Waals surface area contributed by atoms with Gasteiger partial charge in [-0.05, 0) is 42.3 Å². The van der Waals surface area contributed by atoms with E-state index in [2.05, 4.69) is 5.32 Å². The van der Waals surface area contributed by atoms with E-state index in [1.54, 1.807) is 12.1 Å². The Morgan fingerprint density at radius 3 is 2.41 bits per heavy atom. The van der Waals surface area contributed by atoms with Crippen LogP contribution < -0.4 is 10.1 Å². The molecule has 1 unspecified atom stereocenters. The summed E-state index contributed by atoms with van der Waals surface area (Å²) in [4.78, 5) is 23.9. The van der Waals surface area contributed by atoms with Gasteiger partial charge >= 0.3 is 5.97 Å². The predicted molar refractivity (Wildman–Crippen MR) is 95.5 cm³/mol. The minimum atomic E-state index is -0.640. The van der Waals surface area contributed by atoms with Gasteiger partial charge in [0, 0.05) is 6.54 Å². The number of nitrogens with one attached hydrogen (secondary N) is 1. The lowest BCUT2D eigenvalue weighted by Gasteiger charge is -2.16. The van der Waals surface area contributed by atoms with Crippen LogP contribution in [0.3, 0.4) is 0 Å². The van der Waals surface area contributed by atoms with Crippen molar-refractivity contribution in [2.24, 2.45) is 5.92 Å². The van der Waals surface area contributed by atoms with Crippen molar-refractivity contribution in [1.29, 1.82) is 0 Å². The molecule has 0 spiro atoms. The van der Waals surface area contributed by atoms with Crippen molar-refractivity contribution in [2.75, 3.05) is 20.3 Å². The maximum atomic E-state index is 13.0. The van der Waals surface area contributed by atoms with Crippen LogP contribution in [-0.4, -0.2) is 32.1 Å². The van der Waals surface area contributed by atoms with Gasteiger partial charge in [-0.25, -0.2) is 8.78 Å². The van der Waals surface area contributed by atoms with Crippen molar-refractivity contribution >= 4 is 23.5 Å². The molecule has 0 aliphatic heterocycles. The standard InChI is InChI=1S/C19H18ClF2NO4/c1-26-19(25)13(8-12-2-4-14(21)5-3-12)10-23-18(24)11-27-17-7-6-15(22)9-16(17)20/h2-7,9,13H,8,10-11H2,1H3,(H,23,24). The molecule has 0 aromatic heterocycles. The number of hydrogen-bond acceptors (Lipinski definition) is 4. The number of carbonyl (C=O) groups is 2. The van der Waals surface area contributed by atoms with Gasteiger partial charge in [-0.3, -0.25) is 9.59 Å². The van der Waals surface area contributed by atoms with Crippen LogP contribution in [0.1, 0.15) is 5.56 Å². The Kier molecular flexibility index (Phi) is 7.55. The summed E-state index contributed by atoms with van der Waals surface area (Å²) in [5.41, 5.74) is 0.732. The molecular weight excluding hydrogens is 380 g/mol. The Hall–Kier alpha value is -2.67. The second kappa shape index (κ2) is 9.87. The van der Waals surface area contributed by atoms with E-state index in [0.717, 1.165) is 17.7 Å². The second-order valence-corrected chi connectivity index (χ2v) is 6.13. The van der Waals surface area contributed by atoms with Gasteiger partial charge < -0.3 is 14.8 Å². The first-order chi connectivity index (χ1) is 12.9. The first kappa shape index (κ1) is 20.6. The SMILES string of the molecule is COC(=O)C(CNC(=O)COc1ccc(F)cc1Cl)Cc1ccc(F)cc1. The fourth-order valence-corrected chi connectivity index (χ4v) is 2.56. The molecule has 1 N–H and O–H groups in total. The summed E-state index contributed by atoms with van der Waals surface area (Å²) < 4.78 is 36.0. The molecule has 27 heavy (non-hydrogen) atoms. The number of amides is 1. The molecule has 0 heterocycles. The summed E-state index contributed by atoms with van der Waals surface area (Å²) in [5.74, 6) is -2.34. The quantitative estimate of drug-likeness (QED) is 0.695. The van der Waals surface area contributed by atoms with Gasteiger partial charge in [0.2, 0.25) is 0 Å². The molecule has 0 saturated carbocycles. The van der Waals surface area contributed by atoms with Gasteiger partial charge in [-0.2, -0.15) is 0 Å². The van der Waals surface area contributed by atoms with E-state index in [1.807, 2.05) is 0 Å². The van der Waals surface area contributed by atoms with E-state index in [1.165, 1.54) is 25.3 Å². The van der Waals surface area contributed by atoms with Gasteiger partial charge in [0.15, 0.2) is 6.61 Å². The number of ether oxygens (including phenoxy) is 2. The summed E-state index contributed by atoms with van der Waals surface area (Å²) in [6.07, 6.45) is 0.276. The molecule has 0 fully saturated rings. The number of rotatable bonds is 8. The largest absolute Gasteiger partial charge is 0.482 e. The molecule has 0 radical (unpaired) electrons. The molecule has 8 heteroatoms. The van der Waals surface area contributed by atoms with Gasteiger partial charge in [0.25, 0.3) is 5.91 Å². The fraction of sp³-hybridized carbons (Fsp3) is 0.263. The highest BCUT2D eigenvalue weighted by Crippen LogP contribution is 2.24. The first-order valence-electron chi connectivity index (χ1n) is 8.06. The van der Waals surface area contributed by atoms with Crippen LogP contribution in [0, 0.1) is 17.6 Å². The molecule has 0 aliphatic carbocycles.